The first-order valence-electron chi connectivity index (χ1n) is 12.4. The summed E-state index contributed by atoms with van der Waals surface area (Å²) in [6, 6.07) is 20.7. The molecule has 0 aromatic heterocycles. The molecule has 0 unspecified atom stereocenters. The van der Waals surface area contributed by atoms with E-state index in [-0.39, 0.29) is 37.1 Å². The third kappa shape index (κ3) is 6.90. The van der Waals surface area contributed by atoms with Gasteiger partial charge in [0.25, 0.3) is 0 Å². The van der Waals surface area contributed by atoms with Crippen LogP contribution in [0.25, 0.3) is 0 Å². The fraction of sp³-hybridized carbons (Fsp3) is 0.286. The molecular formula is C28H30BrN3O6S. The number of halogens is 1. The molecule has 1 atom stereocenters. The maximum Gasteiger partial charge on any atom is 0.244 e. The van der Waals surface area contributed by atoms with Crippen LogP contribution in [0.1, 0.15) is 18.1 Å². The predicted octanol–water partition coefficient (Wildman–Crippen LogP) is 3.72. The Morgan fingerprint density at radius 3 is 2.38 bits per heavy atom. The van der Waals surface area contributed by atoms with E-state index in [0.717, 1.165) is 19.9 Å². The normalized spacial score (nSPS) is 13.0. The first-order chi connectivity index (χ1) is 18.7. The van der Waals surface area contributed by atoms with Gasteiger partial charge in [-0.2, -0.15) is 0 Å². The van der Waals surface area contributed by atoms with Crippen LogP contribution in [0.15, 0.2) is 77.3 Å². The second-order valence-corrected chi connectivity index (χ2v) is 12.0. The van der Waals surface area contributed by atoms with Gasteiger partial charge in [-0.15, -0.1) is 0 Å². The number of carbonyl (C=O) groups is 2. The SMILES string of the molecule is CCS(=O)(=O)N(CC(=O)N(Cc1cccc(Br)c1)[C@H](Cc1ccccc1)C(=O)NC)c1ccc2c(c1)OCO2. The van der Waals surface area contributed by atoms with Crippen molar-refractivity contribution in [2.45, 2.75) is 25.9 Å². The summed E-state index contributed by atoms with van der Waals surface area (Å²) in [5, 5.41) is 2.67. The quantitative estimate of drug-likeness (QED) is 0.352. The molecule has 1 N–H and O–H groups in total. The van der Waals surface area contributed by atoms with Crippen molar-refractivity contribution in [3.63, 3.8) is 0 Å². The lowest BCUT2D eigenvalue weighted by Gasteiger charge is -2.33. The number of hydrogen-bond donors (Lipinski definition) is 1. The molecule has 1 aliphatic rings. The summed E-state index contributed by atoms with van der Waals surface area (Å²) < 4.78 is 39.1. The highest BCUT2D eigenvalue weighted by atomic mass is 79.9. The second kappa shape index (κ2) is 12.5. The molecule has 3 aromatic rings. The van der Waals surface area contributed by atoms with Crippen LogP contribution in [0.3, 0.4) is 0 Å². The zero-order valence-electron chi connectivity index (χ0n) is 21.7. The van der Waals surface area contributed by atoms with E-state index in [2.05, 4.69) is 21.2 Å². The van der Waals surface area contributed by atoms with E-state index in [1.54, 1.807) is 18.2 Å². The van der Waals surface area contributed by atoms with Crippen LogP contribution in [0.5, 0.6) is 11.5 Å². The van der Waals surface area contributed by atoms with Crippen LogP contribution >= 0.6 is 15.9 Å². The van der Waals surface area contributed by atoms with Gasteiger partial charge in [-0.25, -0.2) is 8.42 Å². The highest BCUT2D eigenvalue weighted by Crippen LogP contribution is 2.36. The number of hydrogen-bond acceptors (Lipinski definition) is 6. The number of carbonyl (C=O) groups excluding carboxylic acids is 2. The zero-order chi connectivity index (χ0) is 28.0. The molecule has 1 aliphatic heterocycles. The Balaban J connectivity index is 1.73. The average Bonchev–Trinajstić information content (AvgIpc) is 3.41. The Morgan fingerprint density at radius 1 is 0.974 bits per heavy atom. The summed E-state index contributed by atoms with van der Waals surface area (Å²) >= 11 is 3.46. The highest BCUT2D eigenvalue weighted by Gasteiger charge is 2.33. The van der Waals surface area contributed by atoms with Crippen molar-refractivity contribution in [2.75, 3.05) is 30.4 Å². The molecule has 2 amide bonds. The van der Waals surface area contributed by atoms with E-state index in [1.807, 2.05) is 54.6 Å². The lowest BCUT2D eigenvalue weighted by Crippen LogP contribution is -2.53. The minimum absolute atomic E-state index is 0.0337. The standard InChI is InChI=1S/C28H30BrN3O6S/c1-3-39(35,36)32(23-12-13-25-26(16-23)38-19-37-25)18-27(33)31(17-21-10-7-11-22(29)14-21)24(28(34)30-2)15-20-8-5-4-6-9-20/h4-14,16,24H,3,15,17-19H2,1-2H3,(H,30,34)/t24-/m1/s1. The van der Waals surface area contributed by atoms with Crippen LogP contribution in [-0.4, -0.2) is 57.3 Å². The number of ether oxygens (including phenoxy) is 2. The van der Waals surface area contributed by atoms with Gasteiger partial charge < -0.3 is 19.7 Å². The van der Waals surface area contributed by atoms with Crippen LogP contribution in [0.2, 0.25) is 0 Å². The monoisotopic (exact) mass is 615 g/mol. The fourth-order valence-electron chi connectivity index (χ4n) is 4.31. The van der Waals surface area contributed by atoms with Crippen LogP contribution < -0.4 is 19.1 Å². The smallest absolute Gasteiger partial charge is 0.244 e. The van der Waals surface area contributed by atoms with Crippen molar-refractivity contribution in [2.24, 2.45) is 0 Å². The molecule has 9 nitrogen and oxygen atoms in total. The summed E-state index contributed by atoms with van der Waals surface area (Å²) in [5.41, 5.74) is 1.93. The van der Waals surface area contributed by atoms with Crippen molar-refractivity contribution in [3.05, 3.63) is 88.4 Å². The van der Waals surface area contributed by atoms with Gasteiger partial charge in [0.15, 0.2) is 11.5 Å². The summed E-state index contributed by atoms with van der Waals surface area (Å²) in [4.78, 5) is 28.7. The van der Waals surface area contributed by atoms with Gasteiger partial charge >= 0.3 is 0 Å². The van der Waals surface area contributed by atoms with E-state index in [4.69, 9.17) is 9.47 Å². The third-order valence-electron chi connectivity index (χ3n) is 6.38. The van der Waals surface area contributed by atoms with E-state index >= 15 is 0 Å². The van der Waals surface area contributed by atoms with Crippen molar-refractivity contribution in [1.29, 1.82) is 0 Å². The molecule has 0 fully saturated rings. The van der Waals surface area contributed by atoms with Gasteiger partial charge in [-0.05, 0) is 42.3 Å². The molecule has 0 bridgehead atoms. The van der Waals surface area contributed by atoms with E-state index in [1.165, 1.54) is 18.9 Å². The Hall–Kier alpha value is -3.57. The lowest BCUT2D eigenvalue weighted by atomic mass is 10.0. The van der Waals surface area contributed by atoms with Gasteiger partial charge in [-0.1, -0.05) is 58.4 Å². The molecule has 0 saturated heterocycles. The minimum Gasteiger partial charge on any atom is -0.454 e. The molecule has 1 heterocycles. The number of nitrogens with one attached hydrogen (secondary N) is 1. The van der Waals surface area contributed by atoms with Crippen molar-refractivity contribution < 1.29 is 27.5 Å². The van der Waals surface area contributed by atoms with Crippen molar-refractivity contribution in [3.8, 4) is 11.5 Å². The number of nitrogens with zero attached hydrogens (tertiary/aromatic N) is 2. The minimum atomic E-state index is -3.87. The maximum atomic E-state index is 14.0. The topological polar surface area (TPSA) is 105 Å². The first kappa shape index (κ1) is 28.4. The molecular weight excluding hydrogens is 586 g/mol. The highest BCUT2D eigenvalue weighted by molar-refractivity contribution is 9.10. The fourth-order valence-corrected chi connectivity index (χ4v) is 5.81. The predicted molar refractivity (Wildman–Crippen MR) is 152 cm³/mol. The summed E-state index contributed by atoms with van der Waals surface area (Å²) in [7, 11) is -2.35. The van der Waals surface area contributed by atoms with Gasteiger partial charge in [-0.3, -0.25) is 13.9 Å². The number of rotatable bonds is 11. The molecule has 39 heavy (non-hydrogen) atoms. The Labute approximate surface area is 236 Å². The molecule has 3 aromatic carbocycles. The van der Waals surface area contributed by atoms with E-state index in [0.29, 0.717) is 11.5 Å². The van der Waals surface area contributed by atoms with Gasteiger partial charge in [0, 0.05) is 30.6 Å². The molecule has 0 radical (unpaired) electrons. The molecule has 206 valence electrons. The van der Waals surface area contributed by atoms with Crippen LogP contribution in [-0.2, 0) is 32.6 Å². The van der Waals surface area contributed by atoms with Gasteiger partial charge in [0.05, 0.1) is 11.4 Å². The van der Waals surface area contributed by atoms with Gasteiger partial charge in [0.2, 0.25) is 28.6 Å². The number of likely N-dealkylation sites (N-methyl/N-ethyl adjacent to an activating group) is 1. The van der Waals surface area contributed by atoms with Crippen LogP contribution in [0, 0.1) is 0 Å². The maximum absolute atomic E-state index is 14.0. The summed E-state index contributed by atoms with van der Waals surface area (Å²) in [6.45, 7) is 1.16. The summed E-state index contributed by atoms with van der Waals surface area (Å²) in [6.07, 6.45) is 0.255. The molecule has 4 rings (SSSR count). The lowest BCUT2D eigenvalue weighted by molar-refractivity contribution is -0.139. The molecule has 0 saturated carbocycles. The summed E-state index contributed by atoms with van der Waals surface area (Å²) in [5.74, 6) is -0.194. The number of fused-ring (bicyclic) bond motifs is 1. The Bertz CT molecular complexity index is 1430. The third-order valence-corrected chi connectivity index (χ3v) is 8.62. The van der Waals surface area contributed by atoms with Crippen molar-refractivity contribution in [1.82, 2.24) is 10.2 Å². The largest absolute Gasteiger partial charge is 0.454 e. The van der Waals surface area contributed by atoms with Crippen LogP contribution in [0.4, 0.5) is 5.69 Å². The van der Waals surface area contributed by atoms with E-state index < -0.39 is 28.5 Å². The number of anilines is 1. The second-order valence-electron chi connectivity index (χ2n) is 8.92. The number of sulfonamides is 1. The van der Waals surface area contributed by atoms with Crippen molar-refractivity contribution >= 4 is 43.5 Å². The first-order valence-corrected chi connectivity index (χ1v) is 14.8. The zero-order valence-corrected chi connectivity index (χ0v) is 24.1. The van der Waals surface area contributed by atoms with E-state index in [9.17, 15) is 18.0 Å². The number of amides is 2. The van der Waals surface area contributed by atoms with Gasteiger partial charge in [0.1, 0.15) is 12.6 Å². The molecule has 11 heteroatoms. The molecule has 0 aliphatic carbocycles. The molecule has 0 spiro atoms. The Kier molecular flexibility index (Phi) is 9.13. The Morgan fingerprint density at radius 2 is 1.69 bits per heavy atom. The number of benzene rings is 3. The average molecular weight is 617 g/mol.